The topological polar surface area (TPSA) is 27.0 Å². The molecule has 11 heavy (non-hydrogen) atoms. The quantitative estimate of drug-likeness (QED) is 0.562. The number of nitriles is 1. The van der Waals surface area contributed by atoms with E-state index in [9.17, 15) is 0 Å². The summed E-state index contributed by atoms with van der Waals surface area (Å²) in [5.41, 5.74) is 0.104. The normalized spacial score (nSPS) is 30.2. The van der Waals surface area contributed by atoms with Crippen LogP contribution in [-0.2, 0) is 0 Å². The molecule has 2 heteroatoms. The molecule has 2 nitrogen and oxygen atoms in total. The molecule has 2 rings (SSSR count). The molecule has 1 saturated heterocycles. The number of nitrogens with zero attached hydrogens (tertiary/aromatic N) is 2. The molecule has 0 N–H and O–H groups in total. The van der Waals surface area contributed by atoms with Gasteiger partial charge in [0.1, 0.15) is 0 Å². The first-order chi connectivity index (χ1) is 5.27. The lowest BCUT2D eigenvalue weighted by Gasteiger charge is -2.50. The van der Waals surface area contributed by atoms with E-state index in [-0.39, 0.29) is 5.41 Å². The Morgan fingerprint density at radius 1 is 1.45 bits per heavy atom. The average Bonchev–Trinajstić information content (AvgIpc) is 1.83. The SMILES string of the molecule is CN1CC(C2(C#N)CCC2)C1. The number of hydrogen-bond acceptors (Lipinski definition) is 2. The Hall–Kier alpha value is -0.550. The summed E-state index contributed by atoms with van der Waals surface area (Å²) in [4.78, 5) is 2.29. The van der Waals surface area contributed by atoms with Gasteiger partial charge in [-0.15, -0.1) is 0 Å². The van der Waals surface area contributed by atoms with Gasteiger partial charge in [-0.25, -0.2) is 0 Å². The molecule has 0 atom stereocenters. The molecule has 2 fully saturated rings. The summed E-state index contributed by atoms with van der Waals surface area (Å²) in [5, 5.41) is 8.99. The molecule has 0 radical (unpaired) electrons. The minimum atomic E-state index is 0.104. The van der Waals surface area contributed by atoms with Crippen LogP contribution < -0.4 is 0 Å². The van der Waals surface area contributed by atoms with Crippen LogP contribution in [0, 0.1) is 22.7 Å². The van der Waals surface area contributed by atoms with Gasteiger partial charge in [0.2, 0.25) is 0 Å². The molecule has 0 aromatic carbocycles. The van der Waals surface area contributed by atoms with Crippen LogP contribution in [-0.4, -0.2) is 25.0 Å². The maximum atomic E-state index is 8.99. The number of hydrogen-bond donors (Lipinski definition) is 0. The lowest BCUT2D eigenvalue weighted by atomic mass is 9.60. The highest BCUT2D eigenvalue weighted by molar-refractivity contribution is 5.11. The van der Waals surface area contributed by atoms with E-state index in [1.807, 2.05) is 0 Å². The Kier molecular flexibility index (Phi) is 1.43. The first-order valence-corrected chi connectivity index (χ1v) is 4.37. The van der Waals surface area contributed by atoms with Gasteiger partial charge in [-0.05, 0) is 19.9 Å². The lowest BCUT2D eigenvalue weighted by Crippen LogP contribution is -2.54. The van der Waals surface area contributed by atoms with Crippen molar-refractivity contribution in [3.63, 3.8) is 0 Å². The van der Waals surface area contributed by atoms with Crippen molar-refractivity contribution in [1.29, 1.82) is 5.26 Å². The van der Waals surface area contributed by atoms with Crippen molar-refractivity contribution in [3.05, 3.63) is 0 Å². The molecule has 0 aromatic rings. The second-order valence-corrected chi connectivity index (χ2v) is 4.04. The predicted molar refractivity (Wildman–Crippen MR) is 42.9 cm³/mol. The lowest BCUT2D eigenvalue weighted by molar-refractivity contribution is -0.000400. The molecule has 1 aliphatic carbocycles. The fourth-order valence-electron chi connectivity index (χ4n) is 2.22. The molecule has 1 saturated carbocycles. The molecule has 60 valence electrons. The van der Waals surface area contributed by atoms with Gasteiger partial charge < -0.3 is 4.90 Å². The summed E-state index contributed by atoms with van der Waals surface area (Å²) in [6, 6.07) is 2.51. The van der Waals surface area contributed by atoms with E-state index in [0.29, 0.717) is 5.92 Å². The average molecular weight is 150 g/mol. The van der Waals surface area contributed by atoms with Crippen LogP contribution >= 0.6 is 0 Å². The third kappa shape index (κ3) is 0.877. The van der Waals surface area contributed by atoms with Crippen LogP contribution in [0.25, 0.3) is 0 Å². The van der Waals surface area contributed by atoms with Crippen LogP contribution in [0.15, 0.2) is 0 Å². The molecule has 1 aliphatic heterocycles. The Balaban J connectivity index is 1.99. The molecule has 0 spiro atoms. The Labute approximate surface area is 67.8 Å². The van der Waals surface area contributed by atoms with Gasteiger partial charge in [-0.1, -0.05) is 6.42 Å². The fourth-order valence-corrected chi connectivity index (χ4v) is 2.22. The van der Waals surface area contributed by atoms with Crippen molar-refractivity contribution >= 4 is 0 Å². The summed E-state index contributed by atoms with van der Waals surface area (Å²) in [6.45, 7) is 2.29. The molecular formula is C9H14N2. The third-order valence-electron chi connectivity index (χ3n) is 3.31. The van der Waals surface area contributed by atoms with Crippen molar-refractivity contribution in [3.8, 4) is 6.07 Å². The third-order valence-corrected chi connectivity index (χ3v) is 3.31. The highest BCUT2D eigenvalue weighted by Crippen LogP contribution is 2.49. The second kappa shape index (κ2) is 2.22. The van der Waals surface area contributed by atoms with Crippen molar-refractivity contribution in [2.45, 2.75) is 19.3 Å². The standard InChI is InChI=1S/C9H14N2/c1-11-5-8(6-11)9(7-10)3-2-4-9/h8H,2-6H2,1H3. The van der Waals surface area contributed by atoms with Gasteiger partial charge >= 0.3 is 0 Å². The van der Waals surface area contributed by atoms with Crippen molar-refractivity contribution in [2.75, 3.05) is 20.1 Å². The summed E-state index contributed by atoms with van der Waals surface area (Å²) in [7, 11) is 2.13. The van der Waals surface area contributed by atoms with E-state index < -0.39 is 0 Å². The highest BCUT2D eigenvalue weighted by Gasteiger charge is 2.48. The first-order valence-electron chi connectivity index (χ1n) is 4.37. The zero-order chi connectivity index (χ0) is 7.90. The molecule has 0 bridgehead atoms. The van der Waals surface area contributed by atoms with E-state index in [1.54, 1.807) is 0 Å². The summed E-state index contributed by atoms with van der Waals surface area (Å²) in [5.74, 6) is 0.686. The Bertz CT molecular complexity index is 194. The fraction of sp³-hybridized carbons (Fsp3) is 0.889. The zero-order valence-corrected chi connectivity index (χ0v) is 7.01. The van der Waals surface area contributed by atoms with Gasteiger partial charge in [0.15, 0.2) is 0 Å². The van der Waals surface area contributed by atoms with Crippen LogP contribution in [0.2, 0.25) is 0 Å². The highest BCUT2D eigenvalue weighted by atomic mass is 15.2. The number of rotatable bonds is 1. The maximum Gasteiger partial charge on any atom is 0.0693 e. The minimum Gasteiger partial charge on any atom is -0.306 e. The van der Waals surface area contributed by atoms with Crippen LogP contribution in [0.5, 0.6) is 0 Å². The van der Waals surface area contributed by atoms with E-state index in [0.717, 1.165) is 25.9 Å². The van der Waals surface area contributed by atoms with Crippen molar-refractivity contribution < 1.29 is 0 Å². The van der Waals surface area contributed by atoms with Gasteiger partial charge in [0.25, 0.3) is 0 Å². The van der Waals surface area contributed by atoms with Crippen LogP contribution in [0.4, 0.5) is 0 Å². The molecule has 0 aromatic heterocycles. The summed E-state index contributed by atoms with van der Waals surface area (Å²) >= 11 is 0. The molecule has 1 heterocycles. The van der Waals surface area contributed by atoms with Gasteiger partial charge in [-0.3, -0.25) is 0 Å². The monoisotopic (exact) mass is 150 g/mol. The predicted octanol–water partition coefficient (Wildman–Crippen LogP) is 1.24. The Morgan fingerprint density at radius 3 is 2.36 bits per heavy atom. The van der Waals surface area contributed by atoms with E-state index >= 15 is 0 Å². The summed E-state index contributed by atoms with van der Waals surface area (Å²) in [6.07, 6.45) is 3.58. The smallest absolute Gasteiger partial charge is 0.0693 e. The largest absolute Gasteiger partial charge is 0.306 e. The van der Waals surface area contributed by atoms with Crippen LogP contribution in [0.3, 0.4) is 0 Å². The molecule has 0 amide bonds. The van der Waals surface area contributed by atoms with Gasteiger partial charge in [-0.2, -0.15) is 5.26 Å². The summed E-state index contributed by atoms with van der Waals surface area (Å²) < 4.78 is 0. The second-order valence-electron chi connectivity index (χ2n) is 4.04. The van der Waals surface area contributed by atoms with Gasteiger partial charge in [0, 0.05) is 19.0 Å². The molecule has 0 unspecified atom stereocenters. The maximum absolute atomic E-state index is 8.99. The minimum absolute atomic E-state index is 0.104. The molecular weight excluding hydrogens is 136 g/mol. The van der Waals surface area contributed by atoms with Crippen molar-refractivity contribution in [1.82, 2.24) is 4.90 Å². The van der Waals surface area contributed by atoms with Crippen LogP contribution in [0.1, 0.15) is 19.3 Å². The zero-order valence-electron chi connectivity index (χ0n) is 7.01. The first kappa shape index (κ1) is 7.12. The van der Waals surface area contributed by atoms with E-state index in [1.165, 1.54) is 6.42 Å². The van der Waals surface area contributed by atoms with E-state index in [2.05, 4.69) is 18.0 Å². The van der Waals surface area contributed by atoms with Gasteiger partial charge in [0.05, 0.1) is 11.5 Å². The van der Waals surface area contributed by atoms with Crippen molar-refractivity contribution in [2.24, 2.45) is 11.3 Å². The van der Waals surface area contributed by atoms with E-state index in [4.69, 9.17) is 5.26 Å². The number of likely N-dealkylation sites (tertiary alicyclic amines) is 1. The Morgan fingerprint density at radius 2 is 2.09 bits per heavy atom. The molecule has 2 aliphatic rings.